The molecule has 2 heterocycles. The smallest absolute Gasteiger partial charge is 0.174 e. The highest BCUT2D eigenvalue weighted by Gasteiger charge is 2.58. The summed E-state index contributed by atoms with van der Waals surface area (Å²) in [5.74, 6) is -1.50. The van der Waals surface area contributed by atoms with E-state index in [1.54, 1.807) is 55.4 Å². The molecule has 0 aliphatic carbocycles. The van der Waals surface area contributed by atoms with E-state index in [0.29, 0.717) is 103 Å². The summed E-state index contributed by atoms with van der Waals surface area (Å²) in [6, 6.07) is 0. The number of hydrogen-bond acceptors (Lipinski definition) is 11. The first kappa shape index (κ1) is 49.7. The average molecular weight is 777 g/mol. The summed E-state index contributed by atoms with van der Waals surface area (Å²) < 4.78 is 21.9. The molecule has 11 heteroatoms. The van der Waals surface area contributed by atoms with Gasteiger partial charge in [-0.05, 0) is 182 Å². The molecule has 322 valence electrons. The van der Waals surface area contributed by atoms with Crippen molar-refractivity contribution in [3.8, 4) is 0 Å². The van der Waals surface area contributed by atoms with E-state index in [2.05, 4.69) is 0 Å². The van der Waals surface area contributed by atoms with Gasteiger partial charge in [0.1, 0.15) is 0 Å². The molecule has 0 aromatic carbocycles. The van der Waals surface area contributed by atoms with Crippen LogP contribution in [-0.4, -0.2) is 114 Å². The Morgan fingerprint density at radius 2 is 0.870 bits per heavy atom. The van der Waals surface area contributed by atoms with Crippen LogP contribution in [0.25, 0.3) is 0 Å². The first-order valence-electron chi connectivity index (χ1n) is 21.8. The second-order valence-electron chi connectivity index (χ2n) is 18.0. The minimum absolute atomic E-state index is 0.00274. The Hall–Kier alpha value is -0.440. The fourth-order valence-corrected chi connectivity index (χ4v) is 9.39. The van der Waals surface area contributed by atoms with E-state index in [-0.39, 0.29) is 41.8 Å². The Morgan fingerprint density at radius 1 is 0.444 bits per heavy atom. The minimum atomic E-state index is -1.13. The third-order valence-electron chi connectivity index (χ3n) is 12.1. The Balaban J connectivity index is 2.77. The quantitative estimate of drug-likeness (QED) is 0.0468. The first-order valence-corrected chi connectivity index (χ1v) is 21.8. The minimum Gasteiger partial charge on any atom is -0.393 e. The summed E-state index contributed by atoms with van der Waals surface area (Å²) in [6.07, 6.45) is 5.79. The van der Waals surface area contributed by atoms with Crippen molar-refractivity contribution >= 4 is 0 Å². The van der Waals surface area contributed by atoms with Crippen LogP contribution in [-0.2, 0) is 14.2 Å². The van der Waals surface area contributed by atoms with Gasteiger partial charge in [0.15, 0.2) is 12.1 Å². The zero-order valence-corrected chi connectivity index (χ0v) is 35.3. The molecule has 11 nitrogen and oxygen atoms in total. The van der Waals surface area contributed by atoms with Crippen molar-refractivity contribution in [1.29, 1.82) is 0 Å². The molecule has 0 aromatic heterocycles. The molecule has 2 saturated heterocycles. The number of ether oxygens (including phenoxy) is 3. The molecule has 0 aromatic rings. The van der Waals surface area contributed by atoms with Crippen LogP contribution in [0.2, 0.25) is 0 Å². The van der Waals surface area contributed by atoms with Crippen LogP contribution in [0.3, 0.4) is 0 Å². The monoisotopic (exact) mass is 777 g/mol. The summed E-state index contributed by atoms with van der Waals surface area (Å²) in [6.45, 7) is 14.3. The molecule has 0 spiro atoms. The van der Waals surface area contributed by atoms with Crippen molar-refractivity contribution in [2.24, 2.45) is 29.6 Å². The molecule has 2 rings (SSSR count). The van der Waals surface area contributed by atoms with Gasteiger partial charge in [0.25, 0.3) is 0 Å². The zero-order chi connectivity index (χ0) is 40.6. The lowest BCUT2D eigenvalue weighted by Crippen LogP contribution is -2.54. The van der Waals surface area contributed by atoms with Crippen LogP contribution < -0.4 is 0 Å². The van der Waals surface area contributed by atoms with Gasteiger partial charge in [-0.1, -0.05) is 0 Å². The summed E-state index contributed by atoms with van der Waals surface area (Å²) in [5, 5.41) is 83.6. The van der Waals surface area contributed by atoms with Gasteiger partial charge in [0, 0.05) is 18.3 Å². The van der Waals surface area contributed by atoms with Gasteiger partial charge in [-0.25, -0.2) is 0 Å². The largest absolute Gasteiger partial charge is 0.393 e. The topological polar surface area (TPSA) is 190 Å². The van der Waals surface area contributed by atoms with E-state index in [0.717, 1.165) is 12.8 Å². The van der Waals surface area contributed by atoms with Gasteiger partial charge in [-0.15, -0.1) is 0 Å². The van der Waals surface area contributed by atoms with E-state index < -0.39 is 60.9 Å². The third-order valence-corrected chi connectivity index (χ3v) is 12.1. The maximum atomic E-state index is 10.8. The van der Waals surface area contributed by atoms with Crippen LogP contribution in [0.4, 0.5) is 0 Å². The van der Waals surface area contributed by atoms with Crippen LogP contribution in [0.15, 0.2) is 0 Å². The fraction of sp³-hybridized carbons (Fsp3) is 1.00. The predicted molar refractivity (Wildman–Crippen MR) is 211 cm³/mol. The fourth-order valence-electron chi connectivity index (χ4n) is 9.39. The molecule has 0 bridgehead atoms. The zero-order valence-electron chi connectivity index (χ0n) is 35.3. The third kappa shape index (κ3) is 17.6. The lowest BCUT2D eigenvalue weighted by atomic mass is 9.68. The van der Waals surface area contributed by atoms with E-state index in [4.69, 9.17) is 14.2 Å². The predicted octanol–water partition coefficient (Wildman–Crippen LogP) is 5.97. The van der Waals surface area contributed by atoms with Crippen LogP contribution in [0, 0.1) is 29.6 Å². The van der Waals surface area contributed by atoms with Crippen LogP contribution in [0.5, 0.6) is 0 Å². The molecule has 0 saturated carbocycles. The van der Waals surface area contributed by atoms with E-state index in [1.807, 2.05) is 0 Å². The molecule has 8 N–H and O–H groups in total. The van der Waals surface area contributed by atoms with Crippen molar-refractivity contribution < 1.29 is 55.1 Å². The second kappa shape index (κ2) is 25.1. The van der Waals surface area contributed by atoms with Gasteiger partial charge >= 0.3 is 0 Å². The van der Waals surface area contributed by atoms with Crippen LogP contribution >= 0.6 is 0 Å². The summed E-state index contributed by atoms with van der Waals surface area (Å²) in [5.41, 5.74) is 0. The first-order chi connectivity index (χ1) is 25.3. The van der Waals surface area contributed by atoms with Gasteiger partial charge in [-0.2, -0.15) is 0 Å². The molecule has 0 radical (unpaired) electrons. The molecule has 54 heavy (non-hydrogen) atoms. The van der Waals surface area contributed by atoms with Gasteiger partial charge < -0.3 is 55.1 Å². The number of aliphatic hydroxyl groups excluding tert-OH is 8. The lowest BCUT2D eigenvalue weighted by Gasteiger charge is -2.51. The van der Waals surface area contributed by atoms with Crippen molar-refractivity contribution in [3.63, 3.8) is 0 Å². The highest BCUT2D eigenvalue weighted by Crippen LogP contribution is 2.54. The Bertz CT molecular complexity index is 958. The Kier molecular flexibility index (Phi) is 23.1. The molecule has 0 amide bonds. The van der Waals surface area contributed by atoms with Crippen molar-refractivity contribution in [1.82, 2.24) is 0 Å². The van der Waals surface area contributed by atoms with Crippen molar-refractivity contribution in [3.05, 3.63) is 0 Å². The van der Waals surface area contributed by atoms with Crippen LogP contribution in [0.1, 0.15) is 171 Å². The number of rotatable bonds is 28. The molecule has 17 unspecified atom stereocenters. The molecular formula is C43H84O11. The maximum Gasteiger partial charge on any atom is 0.174 e. The summed E-state index contributed by atoms with van der Waals surface area (Å²) in [7, 11) is 0. The maximum absolute atomic E-state index is 10.8. The molecule has 2 aliphatic rings. The molecular weight excluding hydrogens is 692 g/mol. The number of hydrogen-bond donors (Lipinski definition) is 8. The standard InChI is InChI=1S/C43H84O11/c1-27(44)12-9-15-40-38(26-34(8)51)35(21-17-30(4)47)36(22-18-31(5)48)42(52-40)54-43(25-11-14-29(3)46)39(24-20-33(7)50)37(23-19-32(6)49)41(53-43)16-10-13-28(2)45/h27-42,44-51H,9-26H2,1-8H3. The Labute approximate surface area is 328 Å². The highest BCUT2D eigenvalue weighted by atomic mass is 16.8. The molecule has 17 atom stereocenters. The van der Waals surface area contributed by atoms with Gasteiger partial charge in [-0.3, -0.25) is 0 Å². The number of aliphatic hydroxyl groups is 8. The lowest BCUT2D eigenvalue weighted by molar-refractivity contribution is -0.362. The van der Waals surface area contributed by atoms with E-state index >= 15 is 0 Å². The van der Waals surface area contributed by atoms with E-state index in [1.165, 1.54) is 0 Å². The average Bonchev–Trinajstić information content (AvgIpc) is 3.32. The SMILES string of the molecule is CC(O)CCCC1OC(OC2(CCCC(C)O)OC(CCCC(C)O)C(CCC(C)O)C2CCC(C)O)C(CCC(C)O)C(CCC(C)O)C1CC(C)O. The summed E-state index contributed by atoms with van der Waals surface area (Å²) >= 11 is 0. The second-order valence-corrected chi connectivity index (χ2v) is 18.0. The van der Waals surface area contributed by atoms with Crippen molar-refractivity contribution in [2.75, 3.05) is 0 Å². The normalized spacial score (nSPS) is 33.6. The summed E-state index contributed by atoms with van der Waals surface area (Å²) in [4.78, 5) is 0. The van der Waals surface area contributed by atoms with E-state index in [9.17, 15) is 40.9 Å². The highest BCUT2D eigenvalue weighted by molar-refractivity contribution is 4.99. The molecule has 2 fully saturated rings. The molecule has 2 aliphatic heterocycles. The van der Waals surface area contributed by atoms with Gasteiger partial charge in [0.2, 0.25) is 0 Å². The Morgan fingerprint density at radius 3 is 1.35 bits per heavy atom. The van der Waals surface area contributed by atoms with Gasteiger partial charge in [0.05, 0.1) is 61.0 Å². The van der Waals surface area contributed by atoms with Crippen molar-refractivity contribution in [2.45, 2.75) is 244 Å².